The number of anilines is 2. The highest BCUT2D eigenvalue weighted by molar-refractivity contribution is 7.09. The predicted molar refractivity (Wildman–Crippen MR) is 129 cm³/mol. The van der Waals surface area contributed by atoms with Gasteiger partial charge in [-0.2, -0.15) is 0 Å². The largest absolute Gasteiger partial charge is 0.490 e. The number of aryl methyl sites for hydroxylation is 1. The van der Waals surface area contributed by atoms with Gasteiger partial charge < -0.3 is 14.8 Å². The van der Waals surface area contributed by atoms with Gasteiger partial charge in [-0.15, -0.1) is 11.3 Å². The van der Waals surface area contributed by atoms with Gasteiger partial charge in [-0.3, -0.25) is 0 Å². The van der Waals surface area contributed by atoms with Gasteiger partial charge in [0.25, 0.3) is 0 Å². The summed E-state index contributed by atoms with van der Waals surface area (Å²) in [6.45, 7) is 7.09. The third-order valence-electron chi connectivity index (χ3n) is 5.36. The zero-order valence-corrected chi connectivity index (χ0v) is 19.3. The summed E-state index contributed by atoms with van der Waals surface area (Å²) in [6.07, 6.45) is 2.28. The molecule has 6 nitrogen and oxygen atoms in total. The fourth-order valence-corrected chi connectivity index (χ4v) is 4.32. The van der Waals surface area contributed by atoms with Crippen LogP contribution < -0.4 is 14.8 Å². The molecule has 0 aliphatic heterocycles. The predicted octanol–water partition coefficient (Wildman–Crippen LogP) is 6.48. The van der Waals surface area contributed by atoms with Crippen molar-refractivity contribution in [2.45, 2.75) is 39.5 Å². The monoisotopic (exact) mass is 446 g/mol. The van der Waals surface area contributed by atoms with Gasteiger partial charge in [0.05, 0.1) is 29.4 Å². The summed E-state index contributed by atoms with van der Waals surface area (Å²) in [7, 11) is 0. The molecule has 1 aliphatic carbocycles. The number of benzene rings is 2. The van der Waals surface area contributed by atoms with Crippen LogP contribution >= 0.6 is 11.3 Å². The first-order valence-corrected chi connectivity index (χ1v) is 11.9. The van der Waals surface area contributed by atoms with E-state index in [9.17, 15) is 0 Å². The molecule has 0 unspecified atom stereocenters. The van der Waals surface area contributed by atoms with E-state index in [4.69, 9.17) is 19.4 Å². The molecule has 4 aromatic rings. The zero-order valence-electron chi connectivity index (χ0n) is 18.5. The Hall–Kier alpha value is -3.19. The quantitative estimate of drug-likeness (QED) is 0.334. The molecule has 1 N–H and O–H groups in total. The molecule has 0 atom stereocenters. The highest BCUT2D eigenvalue weighted by Crippen LogP contribution is 2.41. The van der Waals surface area contributed by atoms with Crippen molar-refractivity contribution in [3.05, 3.63) is 52.6 Å². The van der Waals surface area contributed by atoms with E-state index in [1.165, 1.54) is 0 Å². The molecule has 1 fully saturated rings. The molecule has 7 heteroatoms. The van der Waals surface area contributed by atoms with E-state index in [1.54, 1.807) is 11.3 Å². The summed E-state index contributed by atoms with van der Waals surface area (Å²) in [4.78, 5) is 14.4. The average molecular weight is 447 g/mol. The molecule has 2 aromatic carbocycles. The van der Waals surface area contributed by atoms with E-state index >= 15 is 0 Å². The topological polar surface area (TPSA) is 69.2 Å². The summed E-state index contributed by atoms with van der Waals surface area (Å²) < 4.78 is 11.7. The van der Waals surface area contributed by atoms with Gasteiger partial charge in [-0.05, 0) is 51.8 Å². The first-order chi connectivity index (χ1) is 15.6. The number of rotatable bonds is 8. The maximum atomic E-state index is 5.86. The fraction of sp³-hybridized carbons (Fsp3) is 0.320. The second-order valence-electron chi connectivity index (χ2n) is 7.84. The van der Waals surface area contributed by atoms with Gasteiger partial charge in [0.2, 0.25) is 0 Å². The molecule has 1 aliphatic rings. The lowest BCUT2D eigenvalue weighted by atomic mass is 10.1. The zero-order chi connectivity index (χ0) is 22.1. The lowest BCUT2D eigenvalue weighted by Crippen LogP contribution is -2.03. The summed E-state index contributed by atoms with van der Waals surface area (Å²) in [5.74, 6) is 3.53. The first kappa shape index (κ1) is 20.7. The maximum absolute atomic E-state index is 5.86. The molecule has 0 radical (unpaired) electrons. The minimum atomic E-state index is 0.436. The number of thiazole rings is 1. The van der Waals surface area contributed by atoms with Crippen molar-refractivity contribution in [3.63, 3.8) is 0 Å². The molecule has 0 amide bonds. The molecule has 2 aromatic heterocycles. The van der Waals surface area contributed by atoms with Crippen LogP contribution in [-0.2, 0) is 0 Å². The van der Waals surface area contributed by atoms with Gasteiger partial charge in [0.1, 0.15) is 11.6 Å². The Morgan fingerprint density at radius 3 is 2.47 bits per heavy atom. The number of aromatic nitrogens is 3. The van der Waals surface area contributed by atoms with Crippen molar-refractivity contribution < 1.29 is 9.47 Å². The van der Waals surface area contributed by atoms with Crippen LogP contribution in [0.2, 0.25) is 0 Å². The van der Waals surface area contributed by atoms with Crippen LogP contribution in [0.3, 0.4) is 0 Å². The Kier molecular flexibility index (Phi) is 5.66. The van der Waals surface area contributed by atoms with E-state index in [1.807, 2.05) is 45.0 Å². The SMILES string of the molecule is CCOc1cc2nc(C3CC3)nc(Nc3cccc(-c4csc(C)n4)c3)c2cc1OCC. The molecule has 164 valence electrons. The number of fused-ring (bicyclic) bond motifs is 1. The van der Waals surface area contributed by atoms with Crippen LogP contribution in [0, 0.1) is 6.92 Å². The molecule has 2 heterocycles. The molecule has 0 saturated heterocycles. The maximum Gasteiger partial charge on any atom is 0.163 e. The van der Waals surface area contributed by atoms with Crippen LogP contribution in [0.1, 0.15) is 43.4 Å². The van der Waals surface area contributed by atoms with E-state index in [-0.39, 0.29) is 0 Å². The number of hydrogen-bond acceptors (Lipinski definition) is 7. The van der Waals surface area contributed by atoms with Crippen molar-refractivity contribution >= 4 is 33.7 Å². The Morgan fingerprint density at radius 1 is 1.00 bits per heavy atom. The normalized spacial score (nSPS) is 13.3. The Labute approximate surface area is 191 Å². The summed E-state index contributed by atoms with van der Waals surface area (Å²) in [5, 5.41) is 7.59. The van der Waals surface area contributed by atoms with E-state index in [0.717, 1.165) is 57.3 Å². The van der Waals surface area contributed by atoms with E-state index in [0.29, 0.717) is 30.6 Å². The summed E-state index contributed by atoms with van der Waals surface area (Å²) in [6, 6.07) is 12.2. The van der Waals surface area contributed by atoms with Crippen molar-refractivity contribution in [1.29, 1.82) is 0 Å². The van der Waals surface area contributed by atoms with Gasteiger partial charge in [-0.1, -0.05) is 12.1 Å². The number of nitrogens with one attached hydrogen (secondary N) is 1. The fourth-order valence-electron chi connectivity index (χ4n) is 3.70. The molecular weight excluding hydrogens is 420 g/mol. The smallest absolute Gasteiger partial charge is 0.163 e. The van der Waals surface area contributed by atoms with Crippen LogP contribution in [-0.4, -0.2) is 28.2 Å². The number of ether oxygens (including phenoxy) is 2. The standard InChI is InChI=1S/C25H26N4O2S/c1-4-30-22-12-19-20(13-23(22)31-5-2)28-24(16-9-10-16)29-25(19)27-18-8-6-7-17(11-18)21-14-32-15(3)26-21/h6-8,11-14,16H,4-5,9-10H2,1-3H3,(H,27,28,29). The van der Waals surface area contributed by atoms with Crippen LogP contribution in [0.15, 0.2) is 41.8 Å². The van der Waals surface area contributed by atoms with Gasteiger partial charge >= 0.3 is 0 Å². The van der Waals surface area contributed by atoms with Crippen molar-refractivity contribution in [2.75, 3.05) is 18.5 Å². The van der Waals surface area contributed by atoms with Gasteiger partial charge in [0, 0.05) is 34.0 Å². The second kappa shape index (κ2) is 8.74. The number of nitrogens with zero attached hydrogens (tertiary/aromatic N) is 3. The summed E-state index contributed by atoms with van der Waals surface area (Å²) >= 11 is 1.66. The van der Waals surface area contributed by atoms with E-state index in [2.05, 4.69) is 27.8 Å². The molecule has 1 saturated carbocycles. The first-order valence-electron chi connectivity index (χ1n) is 11.1. The van der Waals surface area contributed by atoms with Crippen LogP contribution in [0.4, 0.5) is 11.5 Å². The minimum absolute atomic E-state index is 0.436. The Balaban J connectivity index is 1.58. The van der Waals surface area contributed by atoms with Crippen LogP contribution in [0.25, 0.3) is 22.2 Å². The van der Waals surface area contributed by atoms with Crippen molar-refractivity contribution in [3.8, 4) is 22.8 Å². The lowest BCUT2D eigenvalue weighted by Gasteiger charge is -2.15. The molecule has 5 rings (SSSR count). The van der Waals surface area contributed by atoms with Gasteiger partial charge in [-0.25, -0.2) is 15.0 Å². The Morgan fingerprint density at radius 2 is 1.78 bits per heavy atom. The van der Waals surface area contributed by atoms with Crippen molar-refractivity contribution in [1.82, 2.24) is 15.0 Å². The third kappa shape index (κ3) is 4.25. The van der Waals surface area contributed by atoms with Gasteiger partial charge in [0.15, 0.2) is 11.5 Å². The molecule has 0 spiro atoms. The average Bonchev–Trinajstić information content (AvgIpc) is 3.55. The molecule has 32 heavy (non-hydrogen) atoms. The highest BCUT2D eigenvalue weighted by atomic mass is 32.1. The molecule has 0 bridgehead atoms. The van der Waals surface area contributed by atoms with Crippen LogP contribution in [0.5, 0.6) is 11.5 Å². The highest BCUT2D eigenvalue weighted by Gasteiger charge is 2.28. The summed E-state index contributed by atoms with van der Waals surface area (Å²) in [5.41, 5.74) is 3.89. The second-order valence-corrected chi connectivity index (χ2v) is 8.91. The lowest BCUT2D eigenvalue weighted by molar-refractivity contribution is 0.288. The molecular formula is C25H26N4O2S. The van der Waals surface area contributed by atoms with E-state index < -0.39 is 0 Å². The number of hydrogen-bond donors (Lipinski definition) is 1. The van der Waals surface area contributed by atoms with Crippen molar-refractivity contribution in [2.24, 2.45) is 0 Å². The Bertz CT molecular complexity index is 1270. The minimum Gasteiger partial charge on any atom is -0.490 e. The third-order valence-corrected chi connectivity index (χ3v) is 6.13.